The molecule has 0 heterocycles. The molecule has 0 saturated carbocycles. The number of likely N-dealkylation sites (N-methyl/N-ethyl adjacent to an activating group) is 1. The number of halogens is 1. The highest BCUT2D eigenvalue weighted by Crippen LogP contribution is 2.22. The summed E-state index contributed by atoms with van der Waals surface area (Å²) in [6, 6.07) is 0. The van der Waals surface area contributed by atoms with Gasteiger partial charge in [0.2, 0.25) is 0 Å². The van der Waals surface area contributed by atoms with Crippen LogP contribution in [0.1, 0.15) is 59.3 Å². The van der Waals surface area contributed by atoms with Gasteiger partial charge in [-0.25, -0.2) is 0 Å². The zero-order chi connectivity index (χ0) is 17.7. The number of rotatable bonds is 13. The van der Waals surface area contributed by atoms with Crippen molar-refractivity contribution in [2.45, 2.75) is 59.3 Å². The van der Waals surface area contributed by atoms with E-state index in [-0.39, 0.29) is 12.5 Å². The van der Waals surface area contributed by atoms with Crippen molar-refractivity contribution < 1.29 is 5.11 Å². The zero-order valence-electron chi connectivity index (χ0n) is 15.6. The number of hydrogen-bond acceptors (Lipinski definition) is 2. The van der Waals surface area contributed by atoms with E-state index in [4.69, 9.17) is 11.6 Å². The fraction of sp³-hybridized carbons (Fsp3) is 0.700. The molecule has 3 heteroatoms. The predicted octanol–water partition coefficient (Wildman–Crippen LogP) is 5.53. The van der Waals surface area contributed by atoms with E-state index in [9.17, 15) is 5.11 Å². The fourth-order valence-electron chi connectivity index (χ4n) is 2.64. The summed E-state index contributed by atoms with van der Waals surface area (Å²) in [5.74, 6) is 0.997. The number of hydrogen-bond donors (Lipinski definition) is 1. The van der Waals surface area contributed by atoms with Crippen LogP contribution in [0.15, 0.2) is 35.6 Å². The Morgan fingerprint density at radius 3 is 2.48 bits per heavy atom. The standard InChI is InChI=1S/C20H36ClNO/c1-6-8-12-20(19(7-2)11-9-10-13-21)22(5)15-17(3)14-18(4)16-23/h11-12,18,23H,3,6-10,13-16H2,1-2,4-5H3. The fourth-order valence-corrected chi connectivity index (χ4v) is 2.79. The summed E-state index contributed by atoms with van der Waals surface area (Å²) < 4.78 is 0. The first-order chi connectivity index (χ1) is 11.0. The smallest absolute Gasteiger partial charge is 0.0459 e. The molecular formula is C20H36ClNO. The number of alkyl halides is 1. The minimum absolute atomic E-state index is 0.222. The molecule has 1 unspecified atom stereocenters. The molecule has 0 aromatic rings. The summed E-state index contributed by atoms with van der Waals surface area (Å²) in [6.45, 7) is 11.7. The molecule has 134 valence electrons. The maximum atomic E-state index is 9.20. The molecule has 0 spiro atoms. The van der Waals surface area contributed by atoms with Gasteiger partial charge >= 0.3 is 0 Å². The van der Waals surface area contributed by atoms with Crippen LogP contribution in [0.4, 0.5) is 0 Å². The number of aliphatic hydroxyl groups is 1. The highest BCUT2D eigenvalue weighted by molar-refractivity contribution is 6.17. The number of nitrogens with zero attached hydrogens (tertiary/aromatic N) is 1. The van der Waals surface area contributed by atoms with E-state index >= 15 is 0 Å². The molecule has 1 atom stereocenters. The highest BCUT2D eigenvalue weighted by atomic mass is 35.5. The van der Waals surface area contributed by atoms with Crippen LogP contribution in [0.2, 0.25) is 0 Å². The van der Waals surface area contributed by atoms with Crippen LogP contribution in [0, 0.1) is 5.92 Å². The van der Waals surface area contributed by atoms with E-state index in [0.29, 0.717) is 5.88 Å². The lowest BCUT2D eigenvalue weighted by atomic mass is 10.0. The van der Waals surface area contributed by atoms with Crippen molar-refractivity contribution in [2.24, 2.45) is 5.92 Å². The molecule has 0 radical (unpaired) electrons. The Labute approximate surface area is 148 Å². The molecule has 0 bridgehead atoms. The lowest BCUT2D eigenvalue weighted by Gasteiger charge is -2.26. The molecule has 0 amide bonds. The van der Waals surface area contributed by atoms with Gasteiger partial charge in [0.25, 0.3) is 0 Å². The third-order valence-electron chi connectivity index (χ3n) is 3.89. The Morgan fingerprint density at radius 2 is 1.96 bits per heavy atom. The van der Waals surface area contributed by atoms with Crippen molar-refractivity contribution in [3.8, 4) is 0 Å². The van der Waals surface area contributed by atoms with Gasteiger partial charge in [-0.1, -0.05) is 51.5 Å². The summed E-state index contributed by atoms with van der Waals surface area (Å²) in [6.07, 6.45) is 10.9. The molecule has 0 aliphatic rings. The molecule has 0 fully saturated rings. The van der Waals surface area contributed by atoms with E-state index in [1.54, 1.807) is 0 Å². The molecular weight excluding hydrogens is 306 g/mol. The summed E-state index contributed by atoms with van der Waals surface area (Å²) in [5.41, 5.74) is 3.89. The van der Waals surface area contributed by atoms with E-state index in [0.717, 1.165) is 45.1 Å². The second-order valence-corrected chi connectivity index (χ2v) is 6.77. The first kappa shape index (κ1) is 22.3. The normalized spacial score (nSPS) is 14.0. The van der Waals surface area contributed by atoms with Crippen LogP contribution in [-0.2, 0) is 0 Å². The SMILES string of the molecule is C=C(CC(C)CO)CN(C)C(=CCCC)C(=CCCCCl)CC. The third-order valence-corrected chi connectivity index (χ3v) is 4.15. The Hall–Kier alpha value is -0.730. The quantitative estimate of drug-likeness (QED) is 0.206. The number of aliphatic hydroxyl groups excluding tert-OH is 1. The lowest BCUT2D eigenvalue weighted by molar-refractivity contribution is 0.235. The summed E-state index contributed by atoms with van der Waals surface area (Å²) in [7, 11) is 2.14. The van der Waals surface area contributed by atoms with Gasteiger partial charge in [0.05, 0.1) is 0 Å². The third kappa shape index (κ3) is 9.88. The second kappa shape index (κ2) is 13.7. The molecule has 0 rings (SSSR count). The summed E-state index contributed by atoms with van der Waals surface area (Å²) in [5, 5.41) is 9.20. The topological polar surface area (TPSA) is 23.5 Å². The van der Waals surface area contributed by atoms with Gasteiger partial charge in [-0.2, -0.15) is 0 Å². The first-order valence-electron chi connectivity index (χ1n) is 8.94. The largest absolute Gasteiger partial charge is 0.396 e. The van der Waals surface area contributed by atoms with Crippen molar-refractivity contribution >= 4 is 11.6 Å². The van der Waals surface area contributed by atoms with Crippen LogP contribution in [0.3, 0.4) is 0 Å². The molecule has 1 N–H and O–H groups in total. The van der Waals surface area contributed by atoms with Gasteiger partial charge in [0.1, 0.15) is 0 Å². The van der Waals surface area contributed by atoms with Crippen LogP contribution < -0.4 is 0 Å². The molecule has 0 aromatic heterocycles. The van der Waals surface area contributed by atoms with E-state index < -0.39 is 0 Å². The Balaban J connectivity index is 4.99. The van der Waals surface area contributed by atoms with E-state index in [1.807, 2.05) is 0 Å². The monoisotopic (exact) mass is 341 g/mol. The van der Waals surface area contributed by atoms with Crippen molar-refractivity contribution in [3.05, 3.63) is 35.6 Å². The summed E-state index contributed by atoms with van der Waals surface area (Å²) in [4.78, 5) is 2.30. The van der Waals surface area contributed by atoms with E-state index in [1.165, 1.54) is 16.8 Å². The molecule has 0 aliphatic carbocycles. The Bertz CT molecular complexity index is 387. The van der Waals surface area contributed by atoms with Crippen molar-refractivity contribution in [1.82, 2.24) is 4.90 Å². The van der Waals surface area contributed by atoms with Gasteiger partial charge in [-0.3, -0.25) is 0 Å². The maximum absolute atomic E-state index is 9.20. The van der Waals surface area contributed by atoms with Crippen molar-refractivity contribution in [2.75, 3.05) is 26.1 Å². The van der Waals surface area contributed by atoms with Crippen LogP contribution in [-0.4, -0.2) is 36.1 Å². The number of allylic oxidation sites excluding steroid dienone is 3. The Kier molecular flexibility index (Phi) is 13.3. The number of unbranched alkanes of at least 4 members (excludes halogenated alkanes) is 2. The molecule has 23 heavy (non-hydrogen) atoms. The molecule has 2 nitrogen and oxygen atoms in total. The molecule has 0 saturated heterocycles. The molecule has 0 aliphatic heterocycles. The Morgan fingerprint density at radius 1 is 1.26 bits per heavy atom. The average Bonchev–Trinajstić information content (AvgIpc) is 2.53. The van der Waals surface area contributed by atoms with Gasteiger partial charge in [-0.15, -0.1) is 11.6 Å². The minimum atomic E-state index is 0.222. The first-order valence-corrected chi connectivity index (χ1v) is 9.47. The minimum Gasteiger partial charge on any atom is -0.396 e. The average molecular weight is 342 g/mol. The highest BCUT2D eigenvalue weighted by Gasteiger charge is 2.11. The van der Waals surface area contributed by atoms with Crippen LogP contribution in [0.5, 0.6) is 0 Å². The maximum Gasteiger partial charge on any atom is 0.0459 e. The van der Waals surface area contributed by atoms with Crippen LogP contribution >= 0.6 is 11.6 Å². The van der Waals surface area contributed by atoms with Crippen molar-refractivity contribution in [1.29, 1.82) is 0 Å². The zero-order valence-corrected chi connectivity index (χ0v) is 16.3. The van der Waals surface area contributed by atoms with Gasteiger partial charge in [-0.05, 0) is 43.6 Å². The molecule has 0 aromatic carbocycles. The van der Waals surface area contributed by atoms with Gasteiger partial charge < -0.3 is 10.0 Å². The van der Waals surface area contributed by atoms with Gasteiger partial charge in [0.15, 0.2) is 0 Å². The predicted molar refractivity (Wildman–Crippen MR) is 104 cm³/mol. The van der Waals surface area contributed by atoms with E-state index in [2.05, 4.69) is 51.4 Å². The summed E-state index contributed by atoms with van der Waals surface area (Å²) >= 11 is 5.80. The van der Waals surface area contributed by atoms with Gasteiger partial charge in [0, 0.05) is 31.8 Å². The van der Waals surface area contributed by atoms with Crippen molar-refractivity contribution in [3.63, 3.8) is 0 Å². The van der Waals surface area contributed by atoms with Crippen LogP contribution in [0.25, 0.3) is 0 Å². The lowest BCUT2D eigenvalue weighted by Crippen LogP contribution is -2.22. The second-order valence-electron chi connectivity index (χ2n) is 6.39.